The Balaban J connectivity index is 1.30. The van der Waals surface area contributed by atoms with Gasteiger partial charge >= 0.3 is 11.8 Å². The van der Waals surface area contributed by atoms with Gasteiger partial charge in [-0.3, -0.25) is 10.1 Å². The van der Waals surface area contributed by atoms with E-state index in [1.165, 1.54) is 0 Å². The fourth-order valence-corrected chi connectivity index (χ4v) is 4.21. The van der Waals surface area contributed by atoms with Gasteiger partial charge in [-0.05, 0) is 28.7 Å². The van der Waals surface area contributed by atoms with Crippen LogP contribution >= 0.6 is 0 Å². The van der Waals surface area contributed by atoms with E-state index >= 15 is 0 Å². The fourth-order valence-electron chi connectivity index (χ4n) is 4.21. The number of aliphatic hydroxyl groups is 2. The van der Waals surface area contributed by atoms with Crippen molar-refractivity contribution in [3.63, 3.8) is 0 Å². The molecule has 0 saturated carbocycles. The van der Waals surface area contributed by atoms with Crippen LogP contribution in [0.4, 0.5) is 10.5 Å². The first-order valence-electron chi connectivity index (χ1n) is 10.9. The Morgan fingerprint density at radius 2 is 1.80 bits per heavy atom. The smallest absolute Gasteiger partial charge is 0.407 e. The second-order valence-corrected chi connectivity index (χ2v) is 8.06. The fraction of sp³-hybridized carbons (Fsp3) is 0.240. The molecule has 0 bridgehead atoms. The molecule has 2 aromatic carbocycles. The SMILES string of the molecule is N#Cc1ncc(C(O)C(O)CCNC(=O)OCC2c3ccccc3-c3ccccc32)cc1[N+](=O)[O-]. The lowest BCUT2D eigenvalue weighted by atomic mass is 9.98. The van der Waals surface area contributed by atoms with E-state index in [2.05, 4.69) is 10.3 Å². The van der Waals surface area contributed by atoms with Gasteiger partial charge in [-0.2, -0.15) is 5.26 Å². The minimum Gasteiger partial charge on any atom is -0.449 e. The highest BCUT2D eigenvalue weighted by molar-refractivity contribution is 5.79. The quantitative estimate of drug-likeness (QED) is 0.332. The van der Waals surface area contributed by atoms with Crippen LogP contribution in [0.3, 0.4) is 0 Å². The Bertz CT molecular complexity index is 1260. The Hall–Kier alpha value is -4.33. The number of hydrogen-bond acceptors (Lipinski definition) is 8. The Morgan fingerprint density at radius 3 is 2.40 bits per heavy atom. The van der Waals surface area contributed by atoms with Crippen molar-refractivity contribution in [3.05, 3.63) is 93.3 Å². The number of benzene rings is 2. The number of rotatable bonds is 8. The summed E-state index contributed by atoms with van der Waals surface area (Å²) in [4.78, 5) is 26.2. The van der Waals surface area contributed by atoms with Crippen LogP contribution in [-0.4, -0.2) is 45.5 Å². The van der Waals surface area contributed by atoms with Crippen molar-refractivity contribution in [3.8, 4) is 17.2 Å². The molecule has 1 aliphatic rings. The predicted molar refractivity (Wildman–Crippen MR) is 124 cm³/mol. The Morgan fingerprint density at radius 1 is 1.17 bits per heavy atom. The Kier molecular flexibility index (Phi) is 7.01. The zero-order valence-electron chi connectivity index (χ0n) is 18.5. The number of amides is 1. The minimum atomic E-state index is -1.49. The molecular weight excluding hydrogens is 452 g/mol. The summed E-state index contributed by atoms with van der Waals surface area (Å²) in [5.41, 5.74) is 3.45. The summed E-state index contributed by atoms with van der Waals surface area (Å²) in [6, 6.07) is 18.5. The van der Waals surface area contributed by atoms with Crippen LogP contribution in [0.5, 0.6) is 0 Å². The maximum atomic E-state index is 12.2. The van der Waals surface area contributed by atoms with Gasteiger partial charge in [0, 0.05) is 30.3 Å². The third kappa shape index (κ3) is 4.96. The van der Waals surface area contributed by atoms with E-state index < -0.39 is 34.6 Å². The second kappa shape index (κ2) is 10.3. The van der Waals surface area contributed by atoms with Crippen LogP contribution in [-0.2, 0) is 4.74 Å². The van der Waals surface area contributed by atoms with Gasteiger partial charge in [0.2, 0.25) is 5.69 Å². The summed E-state index contributed by atoms with van der Waals surface area (Å²) in [5.74, 6) is -0.0831. The zero-order valence-corrected chi connectivity index (χ0v) is 18.5. The van der Waals surface area contributed by atoms with Crippen molar-refractivity contribution in [1.29, 1.82) is 5.26 Å². The summed E-state index contributed by atoms with van der Waals surface area (Å²) < 4.78 is 5.42. The van der Waals surface area contributed by atoms with Crippen molar-refractivity contribution >= 4 is 11.8 Å². The standard InChI is InChI=1S/C25H22N4O6/c26-12-21-22(29(33)34)11-15(13-28-21)24(31)23(30)9-10-27-25(32)35-14-20-18-7-3-1-5-16(18)17-6-2-4-8-19(17)20/h1-8,11,13,20,23-24,30-31H,9-10,14H2,(H,27,32). The van der Waals surface area contributed by atoms with Crippen molar-refractivity contribution in [1.82, 2.24) is 10.3 Å². The van der Waals surface area contributed by atoms with Crippen LogP contribution in [0, 0.1) is 21.4 Å². The number of alkyl carbamates (subject to hydrolysis) is 1. The Labute approximate surface area is 200 Å². The molecule has 1 aromatic heterocycles. The number of aliphatic hydroxyl groups excluding tert-OH is 2. The molecule has 10 heteroatoms. The highest BCUT2D eigenvalue weighted by Gasteiger charge is 2.29. The molecule has 35 heavy (non-hydrogen) atoms. The van der Waals surface area contributed by atoms with Gasteiger partial charge < -0.3 is 20.3 Å². The van der Waals surface area contributed by atoms with Gasteiger partial charge in [0.15, 0.2) is 0 Å². The van der Waals surface area contributed by atoms with Gasteiger partial charge in [-0.1, -0.05) is 48.5 Å². The average molecular weight is 474 g/mol. The molecule has 3 aromatic rings. The molecule has 0 saturated heterocycles. The van der Waals surface area contributed by atoms with E-state index in [1.54, 1.807) is 6.07 Å². The molecule has 2 unspecified atom stereocenters. The number of nitriles is 1. The number of pyridine rings is 1. The lowest BCUT2D eigenvalue weighted by molar-refractivity contribution is -0.385. The average Bonchev–Trinajstić information content (AvgIpc) is 3.20. The number of fused-ring (bicyclic) bond motifs is 3. The molecule has 0 radical (unpaired) electrons. The lowest BCUT2D eigenvalue weighted by Crippen LogP contribution is -2.30. The van der Waals surface area contributed by atoms with Gasteiger partial charge in [-0.15, -0.1) is 0 Å². The first-order valence-corrected chi connectivity index (χ1v) is 10.9. The highest BCUT2D eigenvalue weighted by atomic mass is 16.6. The number of aromatic nitrogens is 1. The number of hydrogen-bond donors (Lipinski definition) is 3. The van der Waals surface area contributed by atoms with Crippen molar-refractivity contribution in [2.75, 3.05) is 13.2 Å². The summed E-state index contributed by atoms with van der Waals surface area (Å²) >= 11 is 0. The van der Waals surface area contributed by atoms with Crippen molar-refractivity contribution in [2.45, 2.75) is 24.5 Å². The van der Waals surface area contributed by atoms with Crippen molar-refractivity contribution in [2.24, 2.45) is 0 Å². The predicted octanol–water partition coefficient (Wildman–Crippen LogP) is 3.18. The second-order valence-electron chi connectivity index (χ2n) is 8.06. The van der Waals surface area contributed by atoms with Gasteiger partial charge in [0.05, 0.1) is 11.0 Å². The summed E-state index contributed by atoms with van der Waals surface area (Å²) in [6.45, 7) is 0.145. The van der Waals surface area contributed by atoms with Crippen LogP contribution < -0.4 is 5.32 Å². The molecule has 3 N–H and O–H groups in total. The summed E-state index contributed by atoms with van der Waals surface area (Å²) in [6.07, 6.45) is -2.43. The first kappa shape index (κ1) is 23.8. The molecular formula is C25H22N4O6. The molecule has 1 aliphatic carbocycles. The monoisotopic (exact) mass is 474 g/mol. The third-order valence-electron chi connectivity index (χ3n) is 5.95. The molecule has 10 nitrogen and oxygen atoms in total. The van der Waals surface area contributed by atoms with Crippen molar-refractivity contribution < 1.29 is 24.7 Å². The largest absolute Gasteiger partial charge is 0.449 e. The molecule has 1 amide bonds. The number of nitrogens with one attached hydrogen (secondary N) is 1. The number of nitrogens with zero attached hydrogens (tertiary/aromatic N) is 3. The van der Waals surface area contributed by atoms with E-state index in [-0.39, 0.29) is 31.1 Å². The maximum Gasteiger partial charge on any atom is 0.407 e. The van der Waals surface area contributed by atoms with Crippen LogP contribution in [0.25, 0.3) is 11.1 Å². The summed E-state index contributed by atoms with van der Waals surface area (Å²) in [5, 5.41) is 43.1. The maximum absolute atomic E-state index is 12.2. The number of nitro groups is 1. The zero-order chi connectivity index (χ0) is 24.9. The van der Waals surface area contributed by atoms with Gasteiger partial charge in [0.25, 0.3) is 0 Å². The first-order chi connectivity index (χ1) is 16.9. The van der Waals surface area contributed by atoms with Crippen LogP contribution in [0.15, 0.2) is 60.8 Å². The molecule has 0 spiro atoms. The van der Waals surface area contributed by atoms with E-state index in [4.69, 9.17) is 10.00 Å². The molecule has 2 atom stereocenters. The minimum absolute atomic E-state index is 0.000696. The number of carbonyl (C=O) groups excluding carboxylic acids is 1. The van der Waals surface area contributed by atoms with Crippen LogP contribution in [0.1, 0.15) is 40.8 Å². The normalized spacial score (nSPS) is 13.7. The molecule has 1 heterocycles. The lowest BCUT2D eigenvalue weighted by Gasteiger charge is -2.18. The summed E-state index contributed by atoms with van der Waals surface area (Å²) in [7, 11) is 0. The van der Waals surface area contributed by atoms with Crippen LogP contribution in [0.2, 0.25) is 0 Å². The molecule has 0 aliphatic heterocycles. The number of ether oxygens (including phenoxy) is 1. The van der Waals surface area contributed by atoms with E-state index in [0.29, 0.717) is 0 Å². The van der Waals surface area contributed by atoms with E-state index in [0.717, 1.165) is 34.5 Å². The van der Waals surface area contributed by atoms with E-state index in [9.17, 15) is 25.1 Å². The van der Waals surface area contributed by atoms with Gasteiger partial charge in [0.1, 0.15) is 18.8 Å². The topological polar surface area (TPSA) is 159 Å². The highest BCUT2D eigenvalue weighted by Crippen LogP contribution is 2.44. The van der Waals surface area contributed by atoms with E-state index in [1.807, 2.05) is 48.5 Å². The van der Waals surface area contributed by atoms with Gasteiger partial charge in [-0.25, -0.2) is 9.78 Å². The molecule has 0 fully saturated rings. The molecule has 178 valence electrons. The number of carbonyl (C=O) groups is 1. The third-order valence-corrected chi connectivity index (χ3v) is 5.95. The molecule has 4 rings (SSSR count).